The third kappa shape index (κ3) is 5.48. The summed E-state index contributed by atoms with van der Waals surface area (Å²) < 4.78 is 47.6. The predicted molar refractivity (Wildman–Crippen MR) is 121 cm³/mol. The van der Waals surface area contributed by atoms with E-state index in [-0.39, 0.29) is 41.6 Å². The molecule has 0 radical (unpaired) electrons. The number of aliphatic hydroxyl groups excluding tert-OH is 1. The number of ether oxygens (including phenoxy) is 1. The molecule has 0 spiro atoms. The molecule has 32 heavy (non-hydrogen) atoms. The first-order chi connectivity index (χ1) is 15.1. The van der Waals surface area contributed by atoms with Crippen LogP contribution in [0.5, 0.6) is 5.75 Å². The van der Waals surface area contributed by atoms with Gasteiger partial charge in [0.05, 0.1) is 6.61 Å². The molecule has 8 heteroatoms. The Morgan fingerprint density at radius 1 is 1.19 bits per heavy atom. The average Bonchev–Trinajstić information content (AvgIpc) is 2.75. The van der Waals surface area contributed by atoms with Crippen molar-refractivity contribution in [3.05, 3.63) is 59.4 Å². The number of benzene rings is 2. The van der Waals surface area contributed by atoms with Gasteiger partial charge in [-0.25, -0.2) is 12.8 Å². The number of likely N-dealkylation sites (N-methyl/N-ethyl adjacent to an activating group) is 1. The molecular weight excluding hydrogens is 431 g/mol. The summed E-state index contributed by atoms with van der Waals surface area (Å²) in [6.07, 6.45) is -0.257. The molecule has 0 bridgehead atoms. The number of fused-ring (bicyclic) bond motifs is 1. The Hall–Kier alpha value is -2.44. The van der Waals surface area contributed by atoms with Gasteiger partial charge < -0.3 is 14.7 Å². The van der Waals surface area contributed by atoms with E-state index in [1.54, 1.807) is 31.2 Å². The van der Waals surface area contributed by atoms with Crippen molar-refractivity contribution in [3.63, 3.8) is 0 Å². The van der Waals surface area contributed by atoms with E-state index in [2.05, 4.69) is 11.8 Å². The maximum atomic E-state index is 13.4. The van der Waals surface area contributed by atoms with E-state index in [0.29, 0.717) is 17.7 Å². The van der Waals surface area contributed by atoms with Gasteiger partial charge in [0.1, 0.15) is 22.6 Å². The number of aliphatic hydroxyl groups is 1. The third-order valence-electron chi connectivity index (χ3n) is 5.41. The van der Waals surface area contributed by atoms with Crippen molar-refractivity contribution in [2.24, 2.45) is 5.92 Å². The van der Waals surface area contributed by atoms with Gasteiger partial charge in [-0.15, -0.1) is 0 Å². The van der Waals surface area contributed by atoms with E-state index in [1.807, 2.05) is 25.9 Å². The molecule has 6 nitrogen and oxygen atoms in total. The molecule has 0 aromatic heterocycles. The van der Waals surface area contributed by atoms with Gasteiger partial charge in [-0.1, -0.05) is 18.8 Å². The van der Waals surface area contributed by atoms with Crippen LogP contribution in [0.25, 0.3) is 0 Å². The largest absolute Gasteiger partial charge is 0.487 e. The van der Waals surface area contributed by atoms with Crippen molar-refractivity contribution in [1.29, 1.82) is 0 Å². The van der Waals surface area contributed by atoms with Crippen LogP contribution in [0.3, 0.4) is 0 Å². The Bertz CT molecular complexity index is 1110. The first-order valence-electron chi connectivity index (χ1n) is 10.5. The number of rotatable bonds is 4. The van der Waals surface area contributed by atoms with Crippen LogP contribution in [-0.4, -0.2) is 68.7 Å². The molecule has 172 valence electrons. The van der Waals surface area contributed by atoms with Gasteiger partial charge in [-0.05, 0) is 63.5 Å². The molecule has 0 saturated carbocycles. The first-order valence-corrected chi connectivity index (χ1v) is 11.9. The Morgan fingerprint density at radius 2 is 1.81 bits per heavy atom. The summed E-state index contributed by atoms with van der Waals surface area (Å²) in [4.78, 5) is 2.05. The minimum absolute atomic E-state index is 0.0563. The molecule has 1 aliphatic heterocycles. The lowest BCUT2D eigenvalue weighted by Gasteiger charge is -2.37. The van der Waals surface area contributed by atoms with E-state index >= 15 is 0 Å². The van der Waals surface area contributed by atoms with E-state index in [9.17, 15) is 17.9 Å². The summed E-state index contributed by atoms with van der Waals surface area (Å²) in [5, 5.41) is 9.68. The smallest absolute Gasteiger partial charge is 0.247 e. The lowest BCUT2D eigenvalue weighted by molar-refractivity contribution is 0.0812. The first kappa shape index (κ1) is 24.2. The molecule has 0 amide bonds. The zero-order valence-corrected chi connectivity index (χ0v) is 19.6. The van der Waals surface area contributed by atoms with Gasteiger partial charge in [0.25, 0.3) is 0 Å². The van der Waals surface area contributed by atoms with Gasteiger partial charge in [-0.2, -0.15) is 4.31 Å². The minimum atomic E-state index is -3.88. The number of halogens is 1. The van der Waals surface area contributed by atoms with Crippen LogP contribution in [0.15, 0.2) is 47.4 Å². The second kappa shape index (κ2) is 10.0. The highest BCUT2D eigenvalue weighted by atomic mass is 32.2. The monoisotopic (exact) mass is 460 g/mol. The summed E-state index contributed by atoms with van der Waals surface area (Å²) in [5.74, 6) is 5.75. The SMILES string of the molecule is C[C@H](CO)N1C[C@H](C)[C@H](CN(C)C)Oc2cc(C#Cc3ccc(F)cc3)ccc2S1(=O)=O. The van der Waals surface area contributed by atoms with Gasteiger partial charge in [0.15, 0.2) is 0 Å². The van der Waals surface area contributed by atoms with Crippen molar-refractivity contribution >= 4 is 10.0 Å². The van der Waals surface area contributed by atoms with Crippen molar-refractivity contribution in [1.82, 2.24) is 9.21 Å². The van der Waals surface area contributed by atoms with Gasteiger partial charge in [0, 0.05) is 36.2 Å². The maximum absolute atomic E-state index is 13.4. The molecule has 3 atom stereocenters. The fourth-order valence-electron chi connectivity index (χ4n) is 3.56. The van der Waals surface area contributed by atoms with E-state index in [1.165, 1.54) is 22.5 Å². The fourth-order valence-corrected chi connectivity index (χ4v) is 5.38. The van der Waals surface area contributed by atoms with Crippen molar-refractivity contribution < 1.29 is 22.7 Å². The van der Waals surface area contributed by atoms with Gasteiger partial charge in [-0.3, -0.25) is 0 Å². The Balaban J connectivity index is 2.07. The van der Waals surface area contributed by atoms with Crippen molar-refractivity contribution in [2.45, 2.75) is 30.9 Å². The Morgan fingerprint density at radius 3 is 2.44 bits per heavy atom. The number of nitrogens with zero attached hydrogens (tertiary/aromatic N) is 2. The van der Waals surface area contributed by atoms with Crippen LogP contribution in [-0.2, 0) is 10.0 Å². The third-order valence-corrected chi connectivity index (χ3v) is 7.43. The summed E-state index contributed by atoms with van der Waals surface area (Å²) in [7, 11) is -0.0111. The van der Waals surface area contributed by atoms with Gasteiger partial charge in [0.2, 0.25) is 10.0 Å². The Labute approximate surface area is 189 Å². The molecule has 0 saturated heterocycles. The van der Waals surface area contributed by atoms with Crippen molar-refractivity contribution in [3.8, 4) is 17.6 Å². The molecular formula is C24H29FN2O4S. The standard InChI is InChI=1S/C24H29FN2O4S/c1-17-14-27(18(2)16-28)32(29,30)24-12-9-20(6-5-19-7-10-21(25)11-8-19)13-22(24)31-23(17)15-26(3)4/h7-13,17-18,23,28H,14-16H2,1-4H3/t17-,18+,23-/m0/s1. The topological polar surface area (TPSA) is 70.1 Å². The lowest BCUT2D eigenvalue weighted by Crippen LogP contribution is -2.49. The molecule has 1 heterocycles. The minimum Gasteiger partial charge on any atom is -0.487 e. The molecule has 0 unspecified atom stereocenters. The molecule has 0 aliphatic carbocycles. The highest BCUT2D eigenvalue weighted by molar-refractivity contribution is 7.89. The summed E-state index contributed by atoms with van der Waals surface area (Å²) in [6.45, 7) is 4.21. The predicted octanol–water partition coefficient (Wildman–Crippen LogP) is 2.56. The fraction of sp³-hybridized carbons (Fsp3) is 0.417. The molecule has 3 rings (SSSR count). The molecule has 0 fully saturated rings. The maximum Gasteiger partial charge on any atom is 0.247 e. The molecule has 2 aromatic rings. The quantitative estimate of drug-likeness (QED) is 0.711. The second-order valence-electron chi connectivity index (χ2n) is 8.42. The average molecular weight is 461 g/mol. The van der Waals surface area contributed by atoms with Crippen LogP contribution < -0.4 is 4.74 Å². The lowest BCUT2D eigenvalue weighted by atomic mass is 10.0. The van der Waals surface area contributed by atoms with Crippen LogP contribution >= 0.6 is 0 Å². The van der Waals surface area contributed by atoms with E-state index < -0.39 is 16.1 Å². The highest BCUT2D eigenvalue weighted by Gasteiger charge is 2.37. The summed E-state index contributed by atoms with van der Waals surface area (Å²) in [6, 6.07) is 10.0. The van der Waals surface area contributed by atoms with Crippen LogP contribution in [0.1, 0.15) is 25.0 Å². The van der Waals surface area contributed by atoms with Crippen molar-refractivity contribution in [2.75, 3.05) is 33.8 Å². The van der Waals surface area contributed by atoms with Crippen LogP contribution in [0.2, 0.25) is 0 Å². The van der Waals surface area contributed by atoms with Crippen LogP contribution in [0.4, 0.5) is 4.39 Å². The second-order valence-corrected chi connectivity index (χ2v) is 10.3. The summed E-state index contributed by atoms with van der Waals surface area (Å²) in [5.41, 5.74) is 1.23. The van der Waals surface area contributed by atoms with Gasteiger partial charge >= 0.3 is 0 Å². The normalized spacial score (nSPS) is 21.5. The van der Waals surface area contributed by atoms with Crippen LogP contribution in [0, 0.1) is 23.6 Å². The zero-order valence-electron chi connectivity index (χ0n) is 18.7. The number of hydrogen-bond donors (Lipinski definition) is 1. The Kier molecular flexibility index (Phi) is 7.57. The molecule has 1 N–H and O–H groups in total. The number of sulfonamides is 1. The zero-order chi connectivity index (χ0) is 23.5. The highest BCUT2D eigenvalue weighted by Crippen LogP contribution is 2.34. The summed E-state index contributed by atoms with van der Waals surface area (Å²) >= 11 is 0. The van der Waals surface area contributed by atoms with E-state index in [4.69, 9.17) is 4.74 Å². The molecule has 2 aromatic carbocycles. The number of hydrogen-bond acceptors (Lipinski definition) is 5. The van der Waals surface area contributed by atoms with E-state index in [0.717, 1.165) is 0 Å². The molecule has 1 aliphatic rings.